The van der Waals surface area contributed by atoms with Gasteiger partial charge in [0, 0.05) is 19.1 Å². The summed E-state index contributed by atoms with van der Waals surface area (Å²) >= 11 is 0. The van der Waals surface area contributed by atoms with E-state index < -0.39 is 5.60 Å². The molecule has 0 aromatic carbocycles. The minimum absolute atomic E-state index is 0. The van der Waals surface area contributed by atoms with Gasteiger partial charge in [-0.2, -0.15) is 0 Å². The Morgan fingerprint density at radius 2 is 2.30 bits per heavy atom. The smallest absolute Gasteiger partial charge is 0.191 e. The summed E-state index contributed by atoms with van der Waals surface area (Å²) < 4.78 is 5.28. The number of hydrogen-bond donors (Lipinski definition) is 3. The first-order valence-electron chi connectivity index (χ1n) is 8.01. The maximum atomic E-state index is 10.4. The lowest BCUT2D eigenvalue weighted by Gasteiger charge is -2.22. The van der Waals surface area contributed by atoms with Crippen molar-refractivity contribution in [1.82, 2.24) is 15.5 Å². The SMILES string of the molecule is CCNC(=NCC(C)(O)c1ccco1)NCC1CCCN1C.I. The molecule has 2 rings (SSSR count). The first kappa shape index (κ1) is 20.2. The Bertz CT molecular complexity index is 476. The van der Waals surface area contributed by atoms with Crippen LogP contribution in [0.1, 0.15) is 32.4 Å². The molecule has 2 unspecified atom stereocenters. The molecule has 0 amide bonds. The molecule has 2 atom stereocenters. The molecule has 132 valence electrons. The summed E-state index contributed by atoms with van der Waals surface area (Å²) in [5.74, 6) is 1.26. The fourth-order valence-electron chi connectivity index (χ4n) is 2.69. The van der Waals surface area contributed by atoms with Crippen LogP contribution in [0.3, 0.4) is 0 Å². The van der Waals surface area contributed by atoms with E-state index in [0.29, 0.717) is 11.8 Å². The third-order valence-corrected chi connectivity index (χ3v) is 4.12. The zero-order valence-corrected chi connectivity index (χ0v) is 16.5. The molecule has 0 spiro atoms. The lowest BCUT2D eigenvalue weighted by molar-refractivity contribution is 0.0437. The third-order valence-electron chi connectivity index (χ3n) is 4.12. The predicted octanol–water partition coefficient (Wildman–Crippen LogP) is 1.75. The van der Waals surface area contributed by atoms with E-state index in [9.17, 15) is 5.11 Å². The Kier molecular flexibility index (Phi) is 8.35. The van der Waals surface area contributed by atoms with Crippen molar-refractivity contribution in [3.8, 4) is 0 Å². The van der Waals surface area contributed by atoms with Gasteiger partial charge in [-0.3, -0.25) is 0 Å². The molecule has 3 N–H and O–H groups in total. The van der Waals surface area contributed by atoms with Gasteiger partial charge in [-0.15, -0.1) is 24.0 Å². The number of nitrogens with one attached hydrogen (secondary N) is 2. The normalized spacial score (nSPS) is 21.6. The number of likely N-dealkylation sites (N-methyl/N-ethyl adjacent to an activating group) is 1. The number of hydrogen-bond acceptors (Lipinski definition) is 4. The molecule has 1 aromatic heterocycles. The van der Waals surface area contributed by atoms with Crippen LogP contribution in [0.4, 0.5) is 0 Å². The van der Waals surface area contributed by atoms with Gasteiger partial charge in [-0.1, -0.05) is 0 Å². The van der Waals surface area contributed by atoms with Crippen molar-refractivity contribution in [1.29, 1.82) is 0 Å². The van der Waals surface area contributed by atoms with E-state index in [2.05, 4.69) is 27.6 Å². The Morgan fingerprint density at radius 1 is 1.52 bits per heavy atom. The number of likely N-dealkylation sites (tertiary alicyclic amines) is 1. The Labute approximate surface area is 155 Å². The highest BCUT2D eigenvalue weighted by Crippen LogP contribution is 2.21. The number of halogens is 1. The van der Waals surface area contributed by atoms with Crippen molar-refractivity contribution in [2.75, 3.05) is 33.2 Å². The van der Waals surface area contributed by atoms with Crippen LogP contribution >= 0.6 is 24.0 Å². The van der Waals surface area contributed by atoms with Crippen molar-refractivity contribution in [3.05, 3.63) is 24.2 Å². The van der Waals surface area contributed by atoms with Crippen molar-refractivity contribution < 1.29 is 9.52 Å². The Hall–Kier alpha value is -0.800. The van der Waals surface area contributed by atoms with Crippen molar-refractivity contribution in [2.45, 2.75) is 38.3 Å². The van der Waals surface area contributed by atoms with E-state index >= 15 is 0 Å². The molecule has 0 saturated carbocycles. The summed E-state index contributed by atoms with van der Waals surface area (Å²) in [4.78, 5) is 6.86. The molecule has 1 saturated heterocycles. The van der Waals surface area contributed by atoms with E-state index in [-0.39, 0.29) is 30.5 Å². The molecule has 6 nitrogen and oxygen atoms in total. The number of aliphatic hydroxyl groups is 1. The maximum absolute atomic E-state index is 10.4. The number of rotatable bonds is 6. The summed E-state index contributed by atoms with van der Waals surface area (Å²) in [6.45, 7) is 6.80. The second kappa shape index (κ2) is 9.48. The van der Waals surface area contributed by atoms with Crippen molar-refractivity contribution in [3.63, 3.8) is 0 Å². The second-order valence-corrected chi connectivity index (χ2v) is 6.10. The van der Waals surface area contributed by atoms with Gasteiger partial charge in [-0.25, -0.2) is 4.99 Å². The maximum Gasteiger partial charge on any atom is 0.191 e. The number of nitrogens with zero attached hydrogens (tertiary/aromatic N) is 2. The van der Waals surface area contributed by atoms with Gasteiger partial charge >= 0.3 is 0 Å². The minimum atomic E-state index is -1.10. The van der Waals surface area contributed by atoms with Gasteiger partial charge in [0.25, 0.3) is 0 Å². The van der Waals surface area contributed by atoms with Crippen LogP contribution in [-0.4, -0.2) is 55.2 Å². The highest BCUT2D eigenvalue weighted by Gasteiger charge is 2.26. The molecule has 1 aromatic rings. The largest absolute Gasteiger partial charge is 0.466 e. The molecular formula is C16H29IN4O2. The van der Waals surface area contributed by atoms with E-state index in [1.165, 1.54) is 12.8 Å². The Morgan fingerprint density at radius 3 is 2.87 bits per heavy atom. The molecule has 0 bridgehead atoms. The van der Waals surface area contributed by atoms with Gasteiger partial charge in [0.1, 0.15) is 11.4 Å². The van der Waals surface area contributed by atoms with E-state index in [0.717, 1.165) is 25.6 Å². The van der Waals surface area contributed by atoms with Gasteiger partial charge in [0.15, 0.2) is 5.96 Å². The van der Waals surface area contributed by atoms with Crippen molar-refractivity contribution in [2.24, 2.45) is 4.99 Å². The highest BCUT2D eigenvalue weighted by atomic mass is 127. The molecule has 7 heteroatoms. The summed E-state index contributed by atoms with van der Waals surface area (Å²) in [7, 11) is 2.16. The van der Waals surface area contributed by atoms with Gasteiger partial charge < -0.3 is 25.1 Å². The van der Waals surface area contributed by atoms with Crippen LogP contribution in [0.15, 0.2) is 27.8 Å². The molecule has 1 aliphatic rings. The van der Waals surface area contributed by atoms with Crippen LogP contribution in [0.25, 0.3) is 0 Å². The zero-order valence-electron chi connectivity index (χ0n) is 14.2. The van der Waals surface area contributed by atoms with Gasteiger partial charge in [-0.05, 0) is 52.4 Å². The van der Waals surface area contributed by atoms with E-state index in [4.69, 9.17) is 4.42 Å². The van der Waals surface area contributed by atoms with Gasteiger partial charge in [0.05, 0.1) is 12.8 Å². The molecule has 23 heavy (non-hydrogen) atoms. The topological polar surface area (TPSA) is 73.0 Å². The molecule has 0 aliphatic carbocycles. The first-order chi connectivity index (χ1) is 10.5. The lowest BCUT2D eigenvalue weighted by atomic mass is 10.0. The summed E-state index contributed by atoms with van der Waals surface area (Å²) in [5, 5.41) is 17.0. The summed E-state index contributed by atoms with van der Waals surface area (Å²) in [6, 6.07) is 4.09. The quantitative estimate of drug-likeness (QED) is 0.360. The molecule has 2 heterocycles. The summed E-state index contributed by atoms with van der Waals surface area (Å²) in [5.41, 5.74) is -1.10. The average Bonchev–Trinajstić information content (AvgIpc) is 3.14. The second-order valence-electron chi connectivity index (χ2n) is 6.10. The fraction of sp³-hybridized carbons (Fsp3) is 0.688. The van der Waals surface area contributed by atoms with Gasteiger partial charge in [0.2, 0.25) is 0 Å². The molecule has 0 radical (unpaired) electrons. The van der Waals surface area contributed by atoms with Crippen LogP contribution < -0.4 is 10.6 Å². The summed E-state index contributed by atoms with van der Waals surface area (Å²) in [6.07, 6.45) is 4.03. The zero-order chi connectivity index (χ0) is 16.0. The van der Waals surface area contributed by atoms with Crippen molar-refractivity contribution >= 4 is 29.9 Å². The highest BCUT2D eigenvalue weighted by molar-refractivity contribution is 14.0. The predicted molar refractivity (Wildman–Crippen MR) is 103 cm³/mol. The fourth-order valence-corrected chi connectivity index (χ4v) is 2.69. The monoisotopic (exact) mass is 436 g/mol. The lowest BCUT2D eigenvalue weighted by Crippen LogP contribution is -2.44. The van der Waals surface area contributed by atoms with E-state index in [1.54, 1.807) is 25.3 Å². The molecule has 1 fully saturated rings. The number of guanidine groups is 1. The third kappa shape index (κ3) is 5.96. The van der Waals surface area contributed by atoms with Crippen LogP contribution in [0.5, 0.6) is 0 Å². The van der Waals surface area contributed by atoms with E-state index in [1.807, 2.05) is 6.92 Å². The van der Waals surface area contributed by atoms with Crippen LogP contribution in [0.2, 0.25) is 0 Å². The average molecular weight is 436 g/mol. The first-order valence-corrected chi connectivity index (χ1v) is 8.01. The Balaban J connectivity index is 0.00000264. The van der Waals surface area contributed by atoms with Crippen LogP contribution in [-0.2, 0) is 5.60 Å². The van der Waals surface area contributed by atoms with Crippen LogP contribution in [0, 0.1) is 0 Å². The number of furan rings is 1. The minimum Gasteiger partial charge on any atom is -0.466 e. The standard InChI is InChI=1S/C16H28N4O2.HI/c1-4-17-15(18-11-13-7-5-9-20(13)3)19-12-16(2,21)14-8-6-10-22-14;/h6,8,10,13,21H,4-5,7,9,11-12H2,1-3H3,(H2,17,18,19);1H. The molecular weight excluding hydrogens is 407 g/mol. The number of aliphatic imine (C=N–C) groups is 1. The molecule has 1 aliphatic heterocycles.